The van der Waals surface area contributed by atoms with Gasteiger partial charge in [-0.3, -0.25) is 24.0 Å². The van der Waals surface area contributed by atoms with Crippen molar-refractivity contribution in [1.29, 1.82) is 0 Å². The molecule has 4 amide bonds. The van der Waals surface area contributed by atoms with Crippen molar-refractivity contribution < 1.29 is 33.9 Å². The van der Waals surface area contributed by atoms with Crippen LogP contribution in [-0.2, 0) is 28.8 Å². The highest BCUT2D eigenvalue weighted by atomic mass is 16.4. The topological polar surface area (TPSA) is 171 Å². The van der Waals surface area contributed by atoms with E-state index in [4.69, 9.17) is 5.11 Å². The van der Waals surface area contributed by atoms with Crippen molar-refractivity contribution in [3.8, 4) is 0 Å². The molecule has 0 spiro atoms. The first-order chi connectivity index (χ1) is 15.8. The SMILES string of the molecule is CC.O=C/C=C/C(=O)NCCCCC1NC(=O)C(CCCCNC(=O)/C=C/C(=O)O)NC1=O. The summed E-state index contributed by atoms with van der Waals surface area (Å²) in [4.78, 5) is 67.4. The normalized spacial score (nSPS) is 17.5. The van der Waals surface area contributed by atoms with Crippen LogP contribution in [0.15, 0.2) is 24.3 Å². The maximum absolute atomic E-state index is 12.2. The summed E-state index contributed by atoms with van der Waals surface area (Å²) in [5, 5.41) is 19.0. The largest absolute Gasteiger partial charge is 0.478 e. The van der Waals surface area contributed by atoms with E-state index in [1.54, 1.807) is 0 Å². The Balaban J connectivity index is 0.00000497. The summed E-state index contributed by atoms with van der Waals surface area (Å²) < 4.78 is 0. The predicted molar refractivity (Wildman–Crippen MR) is 121 cm³/mol. The fraction of sp³-hybridized carbons (Fsp3) is 0.545. The summed E-state index contributed by atoms with van der Waals surface area (Å²) in [7, 11) is 0. The third-order valence-corrected chi connectivity index (χ3v) is 4.41. The van der Waals surface area contributed by atoms with E-state index in [2.05, 4.69) is 21.3 Å². The fourth-order valence-electron chi connectivity index (χ4n) is 2.84. The average molecular weight is 467 g/mol. The van der Waals surface area contributed by atoms with E-state index in [9.17, 15) is 28.8 Å². The Kier molecular flexibility index (Phi) is 16.2. The highest BCUT2D eigenvalue weighted by Crippen LogP contribution is 2.10. The van der Waals surface area contributed by atoms with Gasteiger partial charge in [-0.2, -0.15) is 0 Å². The van der Waals surface area contributed by atoms with E-state index in [1.807, 2.05) is 13.8 Å². The molecule has 33 heavy (non-hydrogen) atoms. The summed E-state index contributed by atoms with van der Waals surface area (Å²) in [5.74, 6) is -2.59. The average Bonchev–Trinajstić information content (AvgIpc) is 2.79. The van der Waals surface area contributed by atoms with Crippen molar-refractivity contribution >= 4 is 35.9 Å². The first kappa shape index (κ1) is 29.5. The van der Waals surface area contributed by atoms with E-state index < -0.39 is 24.0 Å². The molecule has 1 aliphatic rings. The molecule has 0 bridgehead atoms. The van der Waals surface area contributed by atoms with Crippen LogP contribution in [0.1, 0.15) is 52.4 Å². The van der Waals surface area contributed by atoms with Gasteiger partial charge in [0.2, 0.25) is 23.6 Å². The molecule has 2 unspecified atom stereocenters. The van der Waals surface area contributed by atoms with Gasteiger partial charge in [-0.15, -0.1) is 0 Å². The van der Waals surface area contributed by atoms with Gasteiger partial charge in [0, 0.05) is 31.3 Å². The van der Waals surface area contributed by atoms with Gasteiger partial charge in [0.25, 0.3) is 0 Å². The Morgan fingerprint density at radius 2 is 1.27 bits per heavy atom. The molecule has 1 heterocycles. The number of aldehydes is 1. The zero-order valence-electron chi connectivity index (χ0n) is 19.1. The summed E-state index contributed by atoms with van der Waals surface area (Å²) in [6.45, 7) is 4.73. The molecule has 0 saturated carbocycles. The Bertz CT molecular complexity index is 734. The molecular weight excluding hydrogens is 432 g/mol. The molecule has 11 heteroatoms. The lowest BCUT2D eigenvalue weighted by atomic mass is 10.0. The number of carboxylic acids is 1. The van der Waals surface area contributed by atoms with Crippen LogP contribution in [0.5, 0.6) is 0 Å². The Morgan fingerprint density at radius 3 is 1.70 bits per heavy atom. The van der Waals surface area contributed by atoms with Gasteiger partial charge >= 0.3 is 5.97 Å². The van der Waals surface area contributed by atoms with Crippen LogP contribution in [0, 0.1) is 0 Å². The number of rotatable bonds is 14. The molecule has 0 aromatic rings. The van der Waals surface area contributed by atoms with E-state index in [-0.39, 0.29) is 17.7 Å². The summed E-state index contributed by atoms with van der Waals surface area (Å²) in [6.07, 6.45) is 7.69. The lowest BCUT2D eigenvalue weighted by Gasteiger charge is -2.29. The minimum absolute atomic E-state index is 0.255. The van der Waals surface area contributed by atoms with Crippen LogP contribution in [0.3, 0.4) is 0 Å². The lowest BCUT2D eigenvalue weighted by molar-refractivity contribution is -0.137. The number of aliphatic carboxylic acids is 1. The van der Waals surface area contributed by atoms with Gasteiger partial charge < -0.3 is 26.4 Å². The van der Waals surface area contributed by atoms with Crippen LogP contribution >= 0.6 is 0 Å². The van der Waals surface area contributed by atoms with Gasteiger partial charge in [-0.25, -0.2) is 4.79 Å². The quantitative estimate of drug-likeness (QED) is 0.136. The number of nitrogens with one attached hydrogen (secondary N) is 4. The van der Waals surface area contributed by atoms with Crippen molar-refractivity contribution in [3.63, 3.8) is 0 Å². The summed E-state index contributed by atoms with van der Waals surface area (Å²) >= 11 is 0. The third-order valence-electron chi connectivity index (χ3n) is 4.41. The predicted octanol–water partition coefficient (Wildman–Crippen LogP) is -0.0353. The first-order valence-corrected chi connectivity index (χ1v) is 11.0. The van der Waals surface area contributed by atoms with Crippen molar-refractivity contribution in [2.75, 3.05) is 13.1 Å². The number of hydrogen-bond acceptors (Lipinski definition) is 6. The van der Waals surface area contributed by atoms with Crippen molar-refractivity contribution in [2.24, 2.45) is 0 Å². The minimum atomic E-state index is -1.21. The number of carbonyl (C=O) groups is 6. The van der Waals surface area contributed by atoms with Gasteiger partial charge in [0.1, 0.15) is 18.4 Å². The molecule has 5 N–H and O–H groups in total. The van der Waals surface area contributed by atoms with E-state index in [0.717, 1.165) is 24.3 Å². The molecule has 0 aromatic heterocycles. The second-order valence-electron chi connectivity index (χ2n) is 6.86. The monoisotopic (exact) mass is 466 g/mol. The molecule has 0 radical (unpaired) electrons. The molecule has 1 fully saturated rings. The number of unbranched alkanes of at least 4 members (excludes halogenated alkanes) is 2. The molecule has 1 aliphatic heterocycles. The van der Waals surface area contributed by atoms with Crippen molar-refractivity contribution in [3.05, 3.63) is 24.3 Å². The van der Waals surface area contributed by atoms with Gasteiger partial charge in [0.15, 0.2) is 0 Å². The fourth-order valence-corrected chi connectivity index (χ4v) is 2.84. The standard InChI is InChI=1S/C20H28N4O7.C2H6/c25-13-5-8-16(26)21-11-3-1-6-14-19(30)24-15(20(31)23-14)7-2-4-12-22-17(27)9-10-18(28)29;1-2/h5,8-10,13-15H,1-4,6-7,11-12H2,(H,21,26)(H,22,27)(H,23,31)(H,24,30)(H,28,29);1-2H3/b8-5+,10-9+;. The van der Waals surface area contributed by atoms with Crippen LogP contribution in [0.25, 0.3) is 0 Å². The Morgan fingerprint density at radius 1 is 0.818 bits per heavy atom. The van der Waals surface area contributed by atoms with E-state index in [1.165, 1.54) is 0 Å². The highest BCUT2D eigenvalue weighted by molar-refractivity contribution is 5.97. The number of hydrogen-bond donors (Lipinski definition) is 5. The highest BCUT2D eigenvalue weighted by Gasteiger charge is 2.32. The van der Waals surface area contributed by atoms with Crippen molar-refractivity contribution in [1.82, 2.24) is 21.3 Å². The van der Waals surface area contributed by atoms with Gasteiger partial charge in [0.05, 0.1) is 0 Å². The number of carboxylic acid groups (broad SMARTS) is 1. The third kappa shape index (κ3) is 14.2. The van der Waals surface area contributed by atoms with Crippen LogP contribution < -0.4 is 21.3 Å². The lowest BCUT2D eigenvalue weighted by Crippen LogP contribution is -2.61. The van der Waals surface area contributed by atoms with E-state index in [0.29, 0.717) is 57.9 Å². The number of amides is 4. The summed E-state index contributed by atoms with van der Waals surface area (Å²) in [5.41, 5.74) is 0. The smallest absolute Gasteiger partial charge is 0.328 e. The molecular formula is C22H34N4O7. The zero-order chi connectivity index (χ0) is 25.1. The second-order valence-corrected chi connectivity index (χ2v) is 6.86. The second kappa shape index (κ2) is 18.1. The molecule has 1 saturated heterocycles. The molecule has 1 rings (SSSR count). The van der Waals surface area contributed by atoms with Crippen molar-refractivity contribution in [2.45, 2.75) is 64.5 Å². The van der Waals surface area contributed by atoms with Crippen LogP contribution in [-0.4, -0.2) is 66.2 Å². The Hall–Kier alpha value is -3.50. The van der Waals surface area contributed by atoms with E-state index >= 15 is 0 Å². The molecule has 2 atom stereocenters. The molecule has 0 aromatic carbocycles. The van der Waals surface area contributed by atoms with Crippen LogP contribution in [0.2, 0.25) is 0 Å². The first-order valence-electron chi connectivity index (χ1n) is 11.0. The summed E-state index contributed by atoms with van der Waals surface area (Å²) in [6, 6.07) is -1.25. The Labute approximate surface area is 193 Å². The molecule has 11 nitrogen and oxygen atoms in total. The van der Waals surface area contributed by atoms with Crippen LogP contribution in [0.4, 0.5) is 0 Å². The number of piperazine rings is 1. The number of carbonyl (C=O) groups excluding carboxylic acids is 5. The van der Waals surface area contributed by atoms with Gasteiger partial charge in [-0.05, 0) is 44.6 Å². The maximum Gasteiger partial charge on any atom is 0.328 e. The molecule has 184 valence electrons. The van der Waals surface area contributed by atoms with Gasteiger partial charge in [-0.1, -0.05) is 13.8 Å². The molecule has 0 aliphatic carbocycles. The number of allylic oxidation sites excluding steroid dienone is 1. The zero-order valence-corrected chi connectivity index (χ0v) is 19.1. The maximum atomic E-state index is 12.2. The minimum Gasteiger partial charge on any atom is -0.478 e.